The summed E-state index contributed by atoms with van der Waals surface area (Å²) in [5, 5.41) is 3.83. The number of nitrogens with one attached hydrogen (secondary N) is 1. The normalized spacial score (nSPS) is 17.3. The van der Waals surface area contributed by atoms with Gasteiger partial charge in [-0.05, 0) is 43.0 Å². The minimum absolute atomic E-state index is 0.0869. The van der Waals surface area contributed by atoms with Crippen LogP contribution < -0.4 is 5.32 Å². The van der Waals surface area contributed by atoms with Crippen molar-refractivity contribution in [3.05, 3.63) is 70.7 Å². The van der Waals surface area contributed by atoms with Crippen LogP contribution in [-0.4, -0.2) is 30.9 Å². The molecule has 1 unspecified atom stereocenters. The monoisotopic (exact) mass is 403 g/mol. The van der Waals surface area contributed by atoms with Crippen LogP contribution in [0.15, 0.2) is 54.6 Å². The summed E-state index contributed by atoms with van der Waals surface area (Å²) >= 11 is 7.88. The van der Waals surface area contributed by atoms with Gasteiger partial charge in [0.1, 0.15) is 0 Å². The Bertz CT molecular complexity index is 747. The van der Waals surface area contributed by atoms with Crippen molar-refractivity contribution < 1.29 is 9.53 Å². The average Bonchev–Trinajstić information content (AvgIpc) is 2.71. The van der Waals surface area contributed by atoms with E-state index in [0.29, 0.717) is 19.8 Å². The molecule has 1 N–H and O–H groups in total. The highest BCUT2D eigenvalue weighted by Gasteiger charge is 2.35. The molecule has 1 heterocycles. The molecule has 27 heavy (non-hydrogen) atoms. The molecule has 0 saturated carbocycles. The number of halogens is 1. The van der Waals surface area contributed by atoms with Gasteiger partial charge in [-0.3, -0.25) is 4.79 Å². The van der Waals surface area contributed by atoms with E-state index in [1.54, 1.807) is 11.8 Å². The summed E-state index contributed by atoms with van der Waals surface area (Å²) in [5.74, 6) is 0.923. The summed E-state index contributed by atoms with van der Waals surface area (Å²) in [4.78, 5) is 12.7. The summed E-state index contributed by atoms with van der Waals surface area (Å²) in [5.41, 5.74) is 2.31. The second-order valence-electron chi connectivity index (χ2n) is 7.06. The topological polar surface area (TPSA) is 38.3 Å². The molecule has 5 heteroatoms. The van der Waals surface area contributed by atoms with Crippen LogP contribution in [0, 0.1) is 0 Å². The van der Waals surface area contributed by atoms with Gasteiger partial charge in [-0.25, -0.2) is 0 Å². The van der Waals surface area contributed by atoms with Crippen molar-refractivity contribution >= 4 is 29.3 Å². The molecule has 1 saturated heterocycles. The highest BCUT2D eigenvalue weighted by atomic mass is 35.5. The first kappa shape index (κ1) is 20.2. The van der Waals surface area contributed by atoms with Crippen LogP contribution in [0.25, 0.3) is 0 Å². The molecule has 144 valence electrons. The standard InChI is InChI=1S/C22H26ClNO2S/c1-17(27-15-18-6-3-2-4-7-18)21(25)24-16-22(10-12-26-13-11-22)19-8-5-9-20(23)14-19/h2-9,14,17H,10-13,15-16H2,1H3,(H,24,25). The van der Waals surface area contributed by atoms with E-state index in [-0.39, 0.29) is 16.6 Å². The molecule has 0 aliphatic carbocycles. The highest BCUT2D eigenvalue weighted by Crippen LogP contribution is 2.35. The number of amides is 1. The Morgan fingerprint density at radius 3 is 2.63 bits per heavy atom. The summed E-state index contributed by atoms with van der Waals surface area (Å²) in [7, 11) is 0. The summed E-state index contributed by atoms with van der Waals surface area (Å²) in [6, 6.07) is 18.2. The minimum Gasteiger partial charge on any atom is -0.381 e. The van der Waals surface area contributed by atoms with Crippen LogP contribution in [0.2, 0.25) is 5.02 Å². The molecule has 3 rings (SSSR count). The molecule has 3 nitrogen and oxygen atoms in total. The second kappa shape index (κ2) is 9.63. The number of carbonyl (C=O) groups excluding carboxylic acids is 1. The third-order valence-corrected chi connectivity index (χ3v) is 6.65. The number of carbonyl (C=O) groups is 1. The molecule has 1 aliphatic heterocycles. The van der Waals surface area contributed by atoms with E-state index in [0.717, 1.165) is 23.6 Å². The molecule has 1 amide bonds. The van der Waals surface area contributed by atoms with Crippen LogP contribution in [0.5, 0.6) is 0 Å². The van der Waals surface area contributed by atoms with Crippen LogP contribution in [-0.2, 0) is 20.7 Å². The SMILES string of the molecule is CC(SCc1ccccc1)C(=O)NCC1(c2cccc(Cl)c2)CCOCC1. The highest BCUT2D eigenvalue weighted by molar-refractivity contribution is 7.99. The fourth-order valence-corrected chi connectivity index (χ4v) is 4.48. The average molecular weight is 404 g/mol. The maximum absolute atomic E-state index is 12.7. The van der Waals surface area contributed by atoms with Gasteiger partial charge in [0.25, 0.3) is 0 Å². The lowest BCUT2D eigenvalue weighted by Gasteiger charge is -2.38. The molecule has 0 bridgehead atoms. The zero-order valence-electron chi connectivity index (χ0n) is 15.6. The van der Waals surface area contributed by atoms with E-state index < -0.39 is 0 Å². The van der Waals surface area contributed by atoms with E-state index >= 15 is 0 Å². The lowest BCUT2D eigenvalue weighted by molar-refractivity contribution is -0.120. The Balaban J connectivity index is 1.60. The van der Waals surface area contributed by atoms with Crippen molar-refractivity contribution in [1.29, 1.82) is 0 Å². The van der Waals surface area contributed by atoms with Gasteiger partial charge in [-0.2, -0.15) is 0 Å². The van der Waals surface area contributed by atoms with Crippen molar-refractivity contribution in [1.82, 2.24) is 5.32 Å². The largest absolute Gasteiger partial charge is 0.381 e. The fourth-order valence-electron chi connectivity index (χ4n) is 3.42. The number of hydrogen-bond donors (Lipinski definition) is 1. The maximum Gasteiger partial charge on any atom is 0.232 e. The van der Waals surface area contributed by atoms with E-state index in [4.69, 9.17) is 16.3 Å². The van der Waals surface area contributed by atoms with Crippen molar-refractivity contribution in [3.63, 3.8) is 0 Å². The number of thioether (sulfide) groups is 1. The van der Waals surface area contributed by atoms with Gasteiger partial charge >= 0.3 is 0 Å². The first-order valence-corrected chi connectivity index (χ1v) is 10.8. The van der Waals surface area contributed by atoms with E-state index in [9.17, 15) is 4.79 Å². The molecule has 2 aromatic carbocycles. The van der Waals surface area contributed by atoms with Crippen LogP contribution in [0.4, 0.5) is 0 Å². The van der Waals surface area contributed by atoms with E-state index in [1.165, 1.54) is 11.1 Å². The Morgan fingerprint density at radius 1 is 1.19 bits per heavy atom. The Morgan fingerprint density at radius 2 is 1.93 bits per heavy atom. The third kappa shape index (κ3) is 5.50. The first-order chi connectivity index (χ1) is 13.1. The zero-order chi connectivity index (χ0) is 19.1. The quantitative estimate of drug-likeness (QED) is 0.719. The van der Waals surface area contributed by atoms with Crippen molar-refractivity contribution in [2.75, 3.05) is 19.8 Å². The Kier molecular flexibility index (Phi) is 7.22. The van der Waals surface area contributed by atoms with Gasteiger partial charge in [0.2, 0.25) is 5.91 Å². The fraction of sp³-hybridized carbons (Fsp3) is 0.409. The van der Waals surface area contributed by atoms with Crippen molar-refractivity contribution in [2.45, 2.75) is 36.2 Å². The van der Waals surface area contributed by atoms with Gasteiger partial charge in [0, 0.05) is 35.9 Å². The summed E-state index contributed by atoms with van der Waals surface area (Å²) in [6.45, 7) is 4.01. The molecule has 0 radical (unpaired) electrons. The number of rotatable bonds is 7. The van der Waals surface area contributed by atoms with Crippen LogP contribution in [0.3, 0.4) is 0 Å². The first-order valence-electron chi connectivity index (χ1n) is 9.36. The lowest BCUT2D eigenvalue weighted by atomic mass is 9.74. The van der Waals surface area contributed by atoms with Crippen molar-refractivity contribution in [3.8, 4) is 0 Å². The van der Waals surface area contributed by atoms with Gasteiger partial charge < -0.3 is 10.1 Å². The maximum atomic E-state index is 12.7. The van der Waals surface area contributed by atoms with Gasteiger partial charge in [0.05, 0.1) is 5.25 Å². The smallest absolute Gasteiger partial charge is 0.232 e. The van der Waals surface area contributed by atoms with Gasteiger partial charge in [-0.15, -0.1) is 11.8 Å². The second-order valence-corrected chi connectivity index (χ2v) is 8.83. The zero-order valence-corrected chi connectivity index (χ0v) is 17.2. The molecular weight excluding hydrogens is 378 g/mol. The molecule has 0 aromatic heterocycles. The Labute approximate surface area is 170 Å². The van der Waals surface area contributed by atoms with E-state index in [2.05, 4.69) is 23.5 Å². The summed E-state index contributed by atoms with van der Waals surface area (Å²) < 4.78 is 5.57. The van der Waals surface area contributed by atoms with Gasteiger partial charge in [0.15, 0.2) is 0 Å². The summed E-state index contributed by atoms with van der Waals surface area (Å²) in [6.07, 6.45) is 1.78. The van der Waals surface area contributed by atoms with Crippen LogP contribution in [0.1, 0.15) is 30.9 Å². The molecule has 1 atom stereocenters. The third-order valence-electron chi connectivity index (χ3n) is 5.20. The number of hydrogen-bond acceptors (Lipinski definition) is 3. The van der Waals surface area contributed by atoms with Crippen LogP contribution >= 0.6 is 23.4 Å². The predicted octanol–water partition coefficient (Wildman–Crippen LogP) is 4.83. The molecular formula is C22H26ClNO2S. The van der Waals surface area contributed by atoms with E-state index in [1.807, 2.05) is 43.3 Å². The predicted molar refractivity (Wildman–Crippen MR) is 113 cm³/mol. The molecule has 1 aliphatic rings. The molecule has 2 aromatic rings. The molecule has 1 fully saturated rings. The van der Waals surface area contributed by atoms with Gasteiger partial charge in [-0.1, -0.05) is 54.1 Å². The number of ether oxygens (including phenoxy) is 1. The van der Waals surface area contributed by atoms with Crippen molar-refractivity contribution in [2.24, 2.45) is 0 Å². The Hall–Kier alpha value is -1.49. The minimum atomic E-state index is -0.109. The lowest BCUT2D eigenvalue weighted by Crippen LogP contribution is -2.46. The number of benzene rings is 2. The molecule has 0 spiro atoms.